The van der Waals surface area contributed by atoms with Gasteiger partial charge in [-0.05, 0) is 13.3 Å². The maximum Gasteiger partial charge on any atom is 0.357 e. The van der Waals surface area contributed by atoms with Gasteiger partial charge < -0.3 is 9.84 Å². The quantitative estimate of drug-likeness (QED) is 0.795. The minimum Gasteiger partial charge on any atom is -0.476 e. The number of carboxylic acids is 1. The van der Waals surface area contributed by atoms with Crippen LogP contribution in [0.25, 0.3) is 0 Å². The largest absolute Gasteiger partial charge is 0.476 e. The summed E-state index contributed by atoms with van der Waals surface area (Å²) < 4.78 is 31.3. The third kappa shape index (κ3) is 2.36. The second-order valence-corrected chi connectivity index (χ2v) is 6.30. The summed E-state index contributed by atoms with van der Waals surface area (Å²) in [6.07, 6.45) is 0.592. The Morgan fingerprint density at radius 2 is 2.26 bits per heavy atom. The molecule has 9 heteroatoms. The van der Waals surface area contributed by atoms with Crippen LogP contribution in [0.3, 0.4) is 0 Å². The number of ether oxygens (including phenoxy) is 1. The van der Waals surface area contributed by atoms with Gasteiger partial charge in [0.2, 0.25) is 10.0 Å². The molecule has 1 saturated heterocycles. The van der Waals surface area contributed by atoms with Crippen LogP contribution < -0.4 is 0 Å². The summed E-state index contributed by atoms with van der Waals surface area (Å²) in [7, 11) is -2.48. The minimum absolute atomic E-state index is 0.211. The second kappa shape index (κ2) is 4.91. The number of H-pyrrole nitrogens is 1. The molecule has 0 aromatic carbocycles. The maximum absolute atomic E-state index is 12.5. The summed E-state index contributed by atoms with van der Waals surface area (Å²) in [6, 6.07) is -0.277. The molecule has 1 aliphatic rings. The molecule has 0 saturated carbocycles. The van der Waals surface area contributed by atoms with Crippen LogP contribution in [-0.2, 0) is 14.8 Å². The fourth-order valence-corrected chi connectivity index (χ4v) is 3.69. The van der Waals surface area contributed by atoms with Gasteiger partial charge in [0.15, 0.2) is 5.69 Å². The van der Waals surface area contributed by atoms with Gasteiger partial charge in [-0.1, -0.05) is 0 Å². The molecule has 19 heavy (non-hydrogen) atoms. The fraction of sp³-hybridized carbons (Fsp3) is 0.600. The van der Waals surface area contributed by atoms with Crippen LogP contribution in [-0.4, -0.2) is 60.3 Å². The number of aromatic amines is 1. The zero-order valence-corrected chi connectivity index (χ0v) is 11.4. The van der Waals surface area contributed by atoms with Gasteiger partial charge in [0.05, 0.1) is 18.3 Å². The number of carboxylic acid groups (broad SMARTS) is 1. The first-order valence-corrected chi connectivity index (χ1v) is 7.13. The third-order valence-electron chi connectivity index (χ3n) is 3.15. The SMILES string of the molecule is Cc1[nH]nc(C(=O)O)c1S(=O)(=O)N(C)C1CCOC1. The highest BCUT2D eigenvalue weighted by Crippen LogP contribution is 2.25. The normalized spacial score (nSPS) is 20.1. The van der Waals surface area contributed by atoms with Crippen molar-refractivity contribution in [2.75, 3.05) is 20.3 Å². The van der Waals surface area contributed by atoms with Gasteiger partial charge in [-0.2, -0.15) is 9.40 Å². The van der Waals surface area contributed by atoms with Gasteiger partial charge in [0.1, 0.15) is 4.90 Å². The molecule has 0 amide bonds. The number of nitrogens with one attached hydrogen (secondary N) is 1. The van der Waals surface area contributed by atoms with Crippen LogP contribution in [0.5, 0.6) is 0 Å². The molecular weight excluding hydrogens is 274 g/mol. The Labute approximate surface area is 110 Å². The fourth-order valence-electron chi connectivity index (χ4n) is 2.03. The summed E-state index contributed by atoms with van der Waals surface area (Å²) >= 11 is 0. The van der Waals surface area contributed by atoms with E-state index >= 15 is 0 Å². The maximum atomic E-state index is 12.5. The van der Waals surface area contributed by atoms with E-state index in [-0.39, 0.29) is 16.6 Å². The molecule has 0 bridgehead atoms. The lowest BCUT2D eigenvalue weighted by atomic mass is 10.3. The number of likely N-dealkylation sites (N-methyl/N-ethyl adjacent to an activating group) is 1. The summed E-state index contributed by atoms with van der Waals surface area (Å²) in [5.41, 5.74) is -0.272. The number of aromatic carboxylic acids is 1. The van der Waals surface area contributed by atoms with E-state index in [1.54, 1.807) is 0 Å². The third-order valence-corrected chi connectivity index (χ3v) is 5.22. The first-order valence-electron chi connectivity index (χ1n) is 5.69. The Hall–Kier alpha value is -1.45. The van der Waals surface area contributed by atoms with Gasteiger partial charge in [-0.15, -0.1) is 0 Å². The Kier molecular flexibility index (Phi) is 3.61. The number of rotatable bonds is 4. The molecule has 1 atom stereocenters. The van der Waals surface area contributed by atoms with Crippen molar-refractivity contribution in [3.05, 3.63) is 11.4 Å². The minimum atomic E-state index is -3.91. The van der Waals surface area contributed by atoms with Crippen molar-refractivity contribution in [2.45, 2.75) is 24.3 Å². The van der Waals surface area contributed by atoms with Crippen LogP contribution in [0.1, 0.15) is 22.6 Å². The molecule has 2 rings (SSSR count). The molecule has 1 unspecified atom stereocenters. The highest BCUT2D eigenvalue weighted by atomic mass is 32.2. The van der Waals surface area contributed by atoms with E-state index in [4.69, 9.17) is 9.84 Å². The molecule has 1 aliphatic heterocycles. The molecule has 0 radical (unpaired) electrons. The second-order valence-electron chi connectivity index (χ2n) is 4.37. The van der Waals surface area contributed by atoms with Crippen molar-refractivity contribution in [3.63, 3.8) is 0 Å². The molecule has 0 aliphatic carbocycles. The number of hydrogen-bond donors (Lipinski definition) is 2. The molecule has 1 aromatic rings. The number of sulfonamides is 1. The summed E-state index contributed by atoms with van der Waals surface area (Å²) in [6.45, 7) is 2.29. The average molecular weight is 289 g/mol. The lowest BCUT2D eigenvalue weighted by Crippen LogP contribution is -2.38. The van der Waals surface area contributed by atoms with Crippen LogP contribution in [0.15, 0.2) is 4.90 Å². The van der Waals surface area contributed by atoms with E-state index < -0.39 is 21.7 Å². The Bertz CT molecular complexity index is 588. The standard InChI is InChI=1S/C10H15N3O5S/c1-6-9(8(10(14)15)12-11-6)19(16,17)13(2)7-3-4-18-5-7/h7H,3-5H2,1-2H3,(H,11,12)(H,14,15). The van der Waals surface area contributed by atoms with Crippen molar-refractivity contribution >= 4 is 16.0 Å². The van der Waals surface area contributed by atoms with E-state index in [1.165, 1.54) is 14.0 Å². The van der Waals surface area contributed by atoms with Crippen LogP contribution >= 0.6 is 0 Å². The number of aromatic nitrogens is 2. The molecule has 2 N–H and O–H groups in total. The van der Waals surface area contributed by atoms with Crippen LogP contribution in [0, 0.1) is 6.92 Å². The number of carbonyl (C=O) groups is 1. The van der Waals surface area contributed by atoms with E-state index in [9.17, 15) is 13.2 Å². The monoisotopic (exact) mass is 289 g/mol. The van der Waals surface area contributed by atoms with Gasteiger partial charge in [0, 0.05) is 13.7 Å². The molecule has 8 nitrogen and oxygen atoms in total. The summed E-state index contributed by atoms with van der Waals surface area (Å²) in [4.78, 5) is 10.8. The van der Waals surface area contributed by atoms with Crippen molar-refractivity contribution in [1.82, 2.24) is 14.5 Å². The van der Waals surface area contributed by atoms with Gasteiger partial charge >= 0.3 is 5.97 Å². The van der Waals surface area contributed by atoms with Crippen molar-refractivity contribution in [1.29, 1.82) is 0 Å². The lowest BCUT2D eigenvalue weighted by Gasteiger charge is -2.22. The number of nitrogens with zero attached hydrogens (tertiary/aromatic N) is 2. The molecule has 106 valence electrons. The predicted molar refractivity (Wildman–Crippen MR) is 64.5 cm³/mol. The van der Waals surface area contributed by atoms with Crippen molar-refractivity contribution in [3.8, 4) is 0 Å². The van der Waals surface area contributed by atoms with E-state index in [0.717, 1.165) is 4.31 Å². The van der Waals surface area contributed by atoms with E-state index in [0.29, 0.717) is 19.6 Å². The van der Waals surface area contributed by atoms with Crippen molar-refractivity contribution in [2.24, 2.45) is 0 Å². The zero-order chi connectivity index (χ0) is 14.2. The molecule has 0 spiro atoms. The Morgan fingerprint density at radius 3 is 2.79 bits per heavy atom. The zero-order valence-electron chi connectivity index (χ0n) is 10.6. The van der Waals surface area contributed by atoms with Crippen LogP contribution in [0.4, 0.5) is 0 Å². The highest BCUT2D eigenvalue weighted by molar-refractivity contribution is 7.89. The van der Waals surface area contributed by atoms with E-state index in [2.05, 4.69) is 10.2 Å². The van der Waals surface area contributed by atoms with Crippen molar-refractivity contribution < 1.29 is 23.1 Å². The average Bonchev–Trinajstić information content (AvgIpc) is 2.96. The van der Waals surface area contributed by atoms with Gasteiger partial charge in [0.25, 0.3) is 0 Å². The van der Waals surface area contributed by atoms with Gasteiger partial charge in [-0.3, -0.25) is 5.10 Å². The summed E-state index contributed by atoms with van der Waals surface area (Å²) in [5.74, 6) is -1.38. The topological polar surface area (TPSA) is 113 Å². The number of hydrogen-bond acceptors (Lipinski definition) is 5. The Morgan fingerprint density at radius 1 is 1.58 bits per heavy atom. The first-order chi connectivity index (χ1) is 8.85. The molecular formula is C10H15N3O5S. The smallest absolute Gasteiger partial charge is 0.357 e. The molecule has 2 heterocycles. The predicted octanol–water partition coefficient (Wildman–Crippen LogP) is -0.174. The number of aryl methyl sites for hydroxylation is 1. The Balaban J connectivity index is 2.44. The first kappa shape index (κ1) is 14.0. The van der Waals surface area contributed by atoms with Gasteiger partial charge in [-0.25, -0.2) is 13.2 Å². The highest BCUT2D eigenvalue weighted by Gasteiger charge is 2.36. The summed E-state index contributed by atoms with van der Waals surface area (Å²) in [5, 5.41) is 14.9. The van der Waals surface area contributed by atoms with E-state index in [1.807, 2.05) is 0 Å². The molecule has 1 fully saturated rings. The molecule has 1 aromatic heterocycles. The van der Waals surface area contributed by atoms with Crippen LogP contribution in [0.2, 0.25) is 0 Å². The lowest BCUT2D eigenvalue weighted by molar-refractivity contribution is 0.0686.